The van der Waals surface area contributed by atoms with Gasteiger partial charge in [-0.1, -0.05) is 29.3 Å². The molecule has 1 aromatic rings. The van der Waals surface area contributed by atoms with Crippen molar-refractivity contribution in [1.29, 1.82) is 0 Å². The van der Waals surface area contributed by atoms with Crippen LogP contribution in [-0.4, -0.2) is 48.5 Å². The normalized spacial score (nSPS) is 17.1. The largest absolute Gasteiger partial charge is 0.454 e. The van der Waals surface area contributed by atoms with Crippen LogP contribution >= 0.6 is 23.2 Å². The SMILES string of the molecule is CC(C)(C)OC(=O)N[C@@H](C[C@@H]1CCNC1=O)C(=O)COC(=O)c1c(Cl)cccc1Cl. The van der Waals surface area contributed by atoms with Gasteiger partial charge in [0.05, 0.1) is 21.7 Å². The molecule has 2 atom stereocenters. The van der Waals surface area contributed by atoms with Gasteiger partial charge in [0.1, 0.15) is 5.60 Å². The summed E-state index contributed by atoms with van der Waals surface area (Å²) in [6.45, 7) is 4.92. The number of ether oxygens (including phenoxy) is 2. The zero-order valence-electron chi connectivity index (χ0n) is 16.9. The van der Waals surface area contributed by atoms with Gasteiger partial charge in [-0.25, -0.2) is 9.59 Å². The Morgan fingerprint density at radius 1 is 1.23 bits per heavy atom. The van der Waals surface area contributed by atoms with Crippen LogP contribution in [0.1, 0.15) is 44.0 Å². The molecule has 2 rings (SSSR count). The van der Waals surface area contributed by atoms with Crippen LogP contribution in [0.3, 0.4) is 0 Å². The van der Waals surface area contributed by atoms with Crippen molar-refractivity contribution in [2.24, 2.45) is 5.92 Å². The third-order valence-electron chi connectivity index (χ3n) is 4.28. The van der Waals surface area contributed by atoms with Crippen LogP contribution in [-0.2, 0) is 19.1 Å². The number of hydrogen-bond acceptors (Lipinski definition) is 6. The van der Waals surface area contributed by atoms with Crippen molar-refractivity contribution in [2.45, 2.75) is 45.3 Å². The molecule has 1 aliphatic rings. The number of nitrogens with one attached hydrogen (secondary N) is 2. The fourth-order valence-electron chi connectivity index (χ4n) is 2.88. The second-order valence-electron chi connectivity index (χ2n) is 7.85. The first-order valence-electron chi connectivity index (χ1n) is 9.39. The van der Waals surface area contributed by atoms with Gasteiger partial charge in [-0.2, -0.15) is 0 Å². The van der Waals surface area contributed by atoms with Gasteiger partial charge < -0.3 is 20.1 Å². The molecule has 10 heteroatoms. The molecule has 1 aromatic carbocycles. The topological polar surface area (TPSA) is 111 Å². The highest BCUT2D eigenvalue weighted by atomic mass is 35.5. The molecule has 0 unspecified atom stereocenters. The predicted molar refractivity (Wildman–Crippen MR) is 111 cm³/mol. The molecule has 0 spiro atoms. The lowest BCUT2D eigenvalue weighted by Gasteiger charge is -2.24. The third kappa shape index (κ3) is 6.88. The summed E-state index contributed by atoms with van der Waals surface area (Å²) < 4.78 is 10.2. The van der Waals surface area contributed by atoms with Crippen molar-refractivity contribution in [1.82, 2.24) is 10.6 Å². The molecule has 1 aliphatic heterocycles. The van der Waals surface area contributed by atoms with Crippen molar-refractivity contribution in [3.63, 3.8) is 0 Å². The molecule has 1 heterocycles. The number of hydrogen-bond donors (Lipinski definition) is 2. The smallest absolute Gasteiger partial charge is 0.408 e. The Balaban J connectivity index is 2.06. The van der Waals surface area contributed by atoms with Crippen molar-refractivity contribution >= 4 is 47.0 Å². The minimum atomic E-state index is -1.07. The number of benzene rings is 1. The van der Waals surface area contributed by atoms with E-state index in [-0.39, 0.29) is 27.9 Å². The molecule has 2 amide bonds. The summed E-state index contributed by atoms with van der Waals surface area (Å²) in [5.41, 5.74) is -0.823. The minimum Gasteiger partial charge on any atom is -0.454 e. The van der Waals surface area contributed by atoms with Gasteiger partial charge in [-0.15, -0.1) is 0 Å². The summed E-state index contributed by atoms with van der Waals surface area (Å²) in [5.74, 6) is -2.09. The van der Waals surface area contributed by atoms with E-state index in [4.69, 9.17) is 32.7 Å². The quantitative estimate of drug-likeness (QED) is 0.607. The minimum absolute atomic E-state index is 0.0551. The molecule has 0 aliphatic carbocycles. The summed E-state index contributed by atoms with van der Waals surface area (Å²) in [6, 6.07) is 3.44. The highest BCUT2D eigenvalue weighted by Gasteiger charge is 2.33. The van der Waals surface area contributed by atoms with E-state index in [1.165, 1.54) is 12.1 Å². The monoisotopic (exact) mass is 458 g/mol. The molecule has 0 bridgehead atoms. The maximum Gasteiger partial charge on any atom is 0.408 e. The zero-order chi connectivity index (χ0) is 22.5. The van der Waals surface area contributed by atoms with Crippen LogP contribution in [0.4, 0.5) is 4.79 Å². The third-order valence-corrected chi connectivity index (χ3v) is 4.91. The summed E-state index contributed by atoms with van der Waals surface area (Å²) >= 11 is 11.9. The van der Waals surface area contributed by atoms with Gasteiger partial charge in [0.2, 0.25) is 5.91 Å². The molecular formula is C20H24Cl2N2O6. The van der Waals surface area contributed by atoms with Crippen molar-refractivity contribution < 1.29 is 28.7 Å². The summed E-state index contributed by atoms with van der Waals surface area (Å²) in [7, 11) is 0. The van der Waals surface area contributed by atoms with Gasteiger partial charge >= 0.3 is 12.1 Å². The molecule has 0 radical (unpaired) electrons. The maximum absolute atomic E-state index is 12.7. The van der Waals surface area contributed by atoms with Crippen LogP contribution in [0.5, 0.6) is 0 Å². The van der Waals surface area contributed by atoms with Gasteiger partial charge in [0.15, 0.2) is 12.4 Å². The Morgan fingerprint density at radius 2 is 1.87 bits per heavy atom. The van der Waals surface area contributed by atoms with Crippen molar-refractivity contribution in [2.75, 3.05) is 13.2 Å². The Morgan fingerprint density at radius 3 is 2.40 bits per heavy atom. The molecule has 164 valence electrons. The van der Waals surface area contributed by atoms with Crippen LogP contribution in [0.15, 0.2) is 18.2 Å². The van der Waals surface area contributed by atoms with Crippen molar-refractivity contribution in [3.8, 4) is 0 Å². The number of rotatable bonds is 7. The first-order chi connectivity index (χ1) is 14.0. The maximum atomic E-state index is 12.7. The average molecular weight is 459 g/mol. The first kappa shape index (κ1) is 24.0. The summed E-state index contributed by atoms with van der Waals surface area (Å²) in [5, 5.41) is 5.33. The van der Waals surface area contributed by atoms with Crippen LogP contribution < -0.4 is 10.6 Å². The van der Waals surface area contributed by atoms with E-state index in [0.29, 0.717) is 13.0 Å². The molecule has 1 saturated heterocycles. The van der Waals surface area contributed by atoms with E-state index in [2.05, 4.69) is 10.6 Å². The number of carbonyl (C=O) groups excluding carboxylic acids is 4. The summed E-state index contributed by atoms with van der Waals surface area (Å²) in [6.07, 6.45) is -0.207. The molecule has 0 saturated carbocycles. The number of alkyl carbamates (subject to hydrolysis) is 1. The number of amides is 2. The Labute approximate surface area is 184 Å². The number of Topliss-reactive ketones (excluding diaryl/α,β-unsaturated/α-hetero) is 1. The lowest BCUT2D eigenvalue weighted by Crippen LogP contribution is -2.46. The van der Waals surface area contributed by atoms with Crippen LogP contribution in [0.2, 0.25) is 10.0 Å². The lowest BCUT2D eigenvalue weighted by atomic mass is 9.96. The van der Waals surface area contributed by atoms with E-state index in [1.54, 1.807) is 26.8 Å². The second-order valence-corrected chi connectivity index (χ2v) is 8.66. The van der Waals surface area contributed by atoms with E-state index in [1.807, 2.05) is 0 Å². The average Bonchev–Trinajstić information content (AvgIpc) is 3.02. The van der Waals surface area contributed by atoms with Gasteiger partial charge in [0, 0.05) is 12.5 Å². The van der Waals surface area contributed by atoms with Crippen LogP contribution in [0.25, 0.3) is 0 Å². The number of ketones is 1. The Bertz CT molecular complexity index is 817. The van der Waals surface area contributed by atoms with Crippen molar-refractivity contribution in [3.05, 3.63) is 33.8 Å². The predicted octanol–water partition coefficient (Wildman–Crippen LogP) is 3.14. The van der Waals surface area contributed by atoms with E-state index in [9.17, 15) is 19.2 Å². The van der Waals surface area contributed by atoms with E-state index < -0.39 is 42.0 Å². The fraction of sp³-hybridized carbons (Fsp3) is 0.500. The number of halogens is 2. The molecule has 0 aromatic heterocycles. The Kier molecular flexibility index (Phi) is 8.09. The van der Waals surface area contributed by atoms with Gasteiger partial charge in [-0.3, -0.25) is 9.59 Å². The number of carbonyl (C=O) groups is 4. The molecular weight excluding hydrogens is 435 g/mol. The number of esters is 1. The standard InChI is InChI=1S/C20H24Cl2N2O6/c1-20(2,3)30-19(28)24-14(9-11-7-8-23-17(11)26)15(25)10-29-18(27)16-12(21)5-4-6-13(16)22/h4-6,11,14H,7-10H2,1-3H3,(H,23,26)(H,24,28)/t11-,14-/m0/s1. The molecule has 30 heavy (non-hydrogen) atoms. The zero-order valence-corrected chi connectivity index (χ0v) is 18.4. The highest BCUT2D eigenvalue weighted by molar-refractivity contribution is 6.39. The summed E-state index contributed by atoms with van der Waals surface area (Å²) in [4.78, 5) is 49.0. The van der Waals surface area contributed by atoms with E-state index >= 15 is 0 Å². The fourth-order valence-corrected chi connectivity index (χ4v) is 3.43. The molecule has 1 fully saturated rings. The van der Waals surface area contributed by atoms with Crippen LogP contribution in [0, 0.1) is 5.92 Å². The van der Waals surface area contributed by atoms with E-state index in [0.717, 1.165) is 0 Å². The molecule has 2 N–H and O–H groups in total. The lowest BCUT2D eigenvalue weighted by molar-refractivity contribution is -0.126. The first-order valence-corrected chi connectivity index (χ1v) is 10.1. The second kappa shape index (κ2) is 10.1. The Hall–Kier alpha value is -2.32. The van der Waals surface area contributed by atoms with Gasteiger partial charge in [-0.05, 0) is 45.7 Å². The van der Waals surface area contributed by atoms with Gasteiger partial charge in [0.25, 0.3) is 0 Å². The molecule has 8 nitrogen and oxygen atoms in total. The highest BCUT2D eigenvalue weighted by Crippen LogP contribution is 2.25.